The van der Waals surface area contributed by atoms with E-state index < -0.39 is 9.84 Å². The summed E-state index contributed by atoms with van der Waals surface area (Å²) in [4.78, 5) is 10.6. The first kappa shape index (κ1) is 14.3. The van der Waals surface area contributed by atoms with Gasteiger partial charge in [-0.15, -0.1) is 0 Å². The molecule has 0 aromatic heterocycles. The molecule has 4 nitrogen and oxygen atoms in total. The summed E-state index contributed by atoms with van der Waals surface area (Å²) in [5.41, 5.74) is 0. The number of ketones is 1. The second kappa shape index (κ2) is 7.59. The first-order valence-corrected chi connectivity index (χ1v) is 6.62. The summed E-state index contributed by atoms with van der Waals surface area (Å²) in [6, 6.07) is 0. The van der Waals surface area contributed by atoms with Gasteiger partial charge < -0.3 is 9.53 Å². The number of carbonyl (C=O) groups is 1. The summed E-state index contributed by atoms with van der Waals surface area (Å²) in [6.45, 7) is 5.44. The SMILES string of the molecule is C=CS(=O)(=O)CCOCCCCC(C)=O. The molecular formula is C10H18O4S. The lowest BCUT2D eigenvalue weighted by molar-refractivity contribution is -0.117. The van der Waals surface area contributed by atoms with Crippen LogP contribution in [-0.4, -0.2) is 33.2 Å². The normalized spacial score (nSPS) is 11.3. The van der Waals surface area contributed by atoms with Crippen LogP contribution in [-0.2, 0) is 19.4 Å². The fraction of sp³-hybridized carbons (Fsp3) is 0.700. The molecule has 0 heterocycles. The Bertz CT molecular complexity index is 293. The summed E-state index contributed by atoms with van der Waals surface area (Å²) in [6.07, 6.45) is 2.14. The van der Waals surface area contributed by atoms with Crippen LogP contribution in [0.2, 0.25) is 0 Å². The van der Waals surface area contributed by atoms with Crippen molar-refractivity contribution >= 4 is 15.6 Å². The van der Waals surface area contributed by atoms with Gasteiger partial charge >= 0.3 is 0 Å². The molecule has 0 aromatic carbocycles. The highest BCUT2D eigenvalue weighted by Crippen LogP contribution is 1.97. The topological polar surface area (TPSA) is 60.4 Å². The molecule has 0 radical (unpaired) electrons. The van der Waals surface area contributed by atoms with Crippen molar-refractivity contribution in [3.05, 3.63) is 12.0 Å². The first-order valence-electron chi connectivity index (χ1n) is 4.90. The molecule has 0 N–H and O–H groups in total. The van der Waals surface area contributed by atoms with Gasteiger partial charge in [-0.1, -0.05) is 6.58 Å². The molecule has 0 aromatic rings. The van der Waals surface area contributed by atoms with Gasteiger partial charge in [-0.2, -0.15) is 0 Å². The minimum atomic E-state index is -3.14. The van der Waals surface area contributed by atoms with Gasteiger partial charge in [0.25, 0.3) is 0 Å². The van der Waals surface area contributed by atoms with Crippen molar-refractivity contribution in [1.29, 1.82) is 0 Å². The van der Waals surface area contributed by atoms with E-state index in [0.717, 1.165) is 18.2 Å². The van der Waals surface area contributed by atoms with Crippen molar-refractivity contribution in [3.8, 4) is 0 Å². The summed E-state index contributed by atoms with van der Waals surface area (Å²) >= 11 is 0. The van der Waals surface area contributed by atoms with E-state index in [-0.39, 0.29) is 18.1 Å². The molecule has 0 spiro atoms. The molecule has 0 aliphatic heterocycles. The Labute approximate surface area is 91.2 Å². The van der Waals surface area contributed by atoms with E-state index in [1.54, 1.807) is 6.92 Å². The predicted octanol–water partition coefficient (Wildman–Crippen LogP) is 1.32. The Morgan fingerprint density at radius 3 is 2.53 bits per heavy atom. The molecule has 15 heavy (non-hydrogen) atoms. The standard InChI is InChI=1S/C10H18O4S/c1-3-15(12,13)9-8-14-7-5-4-6-10(2)11/h3H,1,4-9H2,2H3. The van der Waals surface area contributed by atoms with Crippen molar-refractivity contribution in [2.24, 2.45) is 0 Å². The Hall–Kier alpha value is -0.680. The average Bonchev–Trinajstić information content (AvgIpc) is 2.16. The Kier molecular flexibility index (Phi) is 7.25. The molecule has 0 atom stereocenters. The van der Waals surface area contributed by atoms with Crippen LogP contribution in [0.1, 0.15) is 26.2 Å². The van der Waals surface area contributed by atoms with E-state index in [4.69, 9.17) is 4.74 Å². The van der Waals surface area contributed by atoms with Crippen LogP contribution in [0.25, 0.3) is 0 Å². The van der Waals surface area contributed by atoms with Crippen molar-refractivity contribution in [2.45, 2.75) is 26.2 Å². The van der Waals surface area contributed by atoms with Crippen LogP contribution >= 0.6 is 0 Å². The molecule has 0 saturated carbocycles. The van der Waals surface area contributed by atoms with Crippen molar-refractivity contribution in [1.82, 2.24) is 0 Å². The molecule has 0 amide bonds. The lowest BCUT2D eigenvalue weighted by Gasteiger charge is -2.02. The second-order valence-electron chi connectivity index (χ2n) is 3.31. The van der Waals surface area contributed by atoms with Crippen LogP contribution in [0.3, 0.4) is 0 Å². The Morgan fingerprint density at radius 2 is 2.00 bits per heavy atom. The van der Waals surface area contributed by atoms with E-state index in [2.05, 4.69) is 6.58 Å². The van der Waals surface area contributed by atoms with Gasteiger partial charge in [0.2, 0.25) is 0 Å². The van der Waals surface area contributed by atoms with Gasteiger partial charge in [0, 0.05) is 18.4 Å². The Balaban J connectivity index is 3.33. The number of hydrogen-bond acceptors (Lipinski definition) is 4. The third-order valence-electron chi connectivity index (χ3n) is 1.83. The quantitative estimate of drug-likeness (QED) is 0.564. The molecule has 0 bridgehead atoms. The van der Waals surface area contributed by atoms with Gasteiger partial charge in [0.15, 0.2) is 9.84 Å². The number of hydrogen-bond donors (Lipinski definition) is 0. The minimum absolute atomic E-state index is 0.0246. The van der Waals surface area contributed by atoms with Gasteiger partial charge in [-0.05, 0) is 19.8 Å². The van der Waals surface area contributed by atoms with Crippen molar-refractivity contribution in [3.63, 3.8) is 0 Å². The maximum Gasteiger partial charge on any atom is 0.173 e. The van der Waals surface area contributed by atoms with Gasteiger partial charge in [0.1, 0.15) is 5.78 Å². The third-order valence-corrected chi connectivity index (χ3v) is 3.08. The van der Waals surface area contributed by atoms with Crippen LogP contribution in [0.5, 0.6) is 0 Å². The molecule has 88 valence electrons. The molecule has 0 aliphatic rings. The van der Waals surface area contributed by atoms with Gasteiger partial charge in [-0.25, -0.2) is 8.42 Å². The maximum absolute atomic E-state index is 10.9. The number of sulfone groups is 1. The van der Waals surface area contributed by atoms with E-state index >= 15 is 0 Å². The van der Waals surface area contributed by atoms with Gasteiger partial charge in [0.05, 0.1) is 12.4 Å². The Morgan fingerprint density at radius 1 is 1.33 bits per heavy atom. The number of rotatable bonds is 9. The lowest BCUT2D eigenvalue weighted by atomic mass is 10.2. The largest absolute Gasteiger partial charge is 0.380 e. The summed E-state index contributed by atoms with van der Waals surface area (Å²) in [7, 11) is -3.14. The molecular weight excluding hydrogens is 216 g/mol. The zero-order valence-corrected chi connectivity index (χ0v) is 9.88. The highest BCUT2D eigenvalue weighted by Gasteiger charge is 2.03. The van der Waals surface area contributed by atoms with Crippen LogP contribution < -0.4 is 0 Å². The number of unbranched alkanes of at least 4 members (excludes halogenated alkanes) is 1. The van der Waals surface area contributed by atoms with E-state index in [0.29, 0.717) is 13.0 Å². The van der Waals surface area contributed by atoms with E-state index in [9.17, 15) is 13.2 Å². The smallest absolute Gasteiger partial charge is 0.173 e. The monoisotopic (exact) mass is 234 g/mol. The number of carbonyl (C=O) groups excluding carboxylic acids is 1. The molecule has 0 saturated heterocycles. The highest BCUT2D eigenvalue weighted by atomic mass is 32.2. The summed E-state index contributed by atoms with van der Waals surface area (Å²) < 4.78 is 27.0. The maximum atomic E-state index is 10.9. The van der Waals surface area contributed by atoms with Crippen LogP contribution in [0, 0.1) is 0 Å². The molecule has 0 rings (SSSR count). The second-order valence-corrected chi connectivity index (χ2v) is 5.37. The molecule has 0 unspecified atom stereocenters. The van der Waals surface area contributed by atoms with Crippen LogP contribution in [0.15, 0.2) is 12.0 Å². The fourth-order valence-corrected chi connectivity index (χ4v) is 1.46. The summed E-state index contributed by atoms with van der Waals surface area (Å²) in [5, 5.41) is 0.937. The van der Waals surface area contributed by atoms with E-state index in [1.165, 1.54) is 0 Å². The van der Waals surface area contributed by atoms with E-state index in [1.807, 2.05) is 0 Å². The van der Waals surface area contributed by atoms with Crippen LogP contribution in [0.4, 0.5) is 0 Å². The third kappa shape index (κ3) is 9.62. The van der Waals surface area contributed by atoms with Crippen molar-refractivity contribution in [2.75, 3.05) is 19.0 Å². The fourth-order valence-electron chi connectivity index (χ4n) is 0.939. The number of ether oxygens (including phenoxy) is 1. The molecule has 5 heteroatoms. The first-order chi connectivity index (χ1) is 6.98. The molecule has 0 aliphatic carbocycles. The average molecular weight is 234 g/mol. The van der Waals surface area contributed by atoms with Gasteiger partial charge in [-0.3, -0.25) is 0 Å². The molecule has 0 fully saturated rings. The number of Topliss-reactive ketones (excluding diaryl/α,β-unsaturated/α-hetero) is 1. The van der Waals surface area contributed by atoms with Crippen molar-refractivity contribution < 1.29 is 17.9 Å². The highest BCUT2D eigenvalue weighted by molar-refractivity contribution is 7.94. The zero-order chi connectivity index (χ0) is 11.7. The zero-order valence-electron chi connectivity index (χ0n) is 9.07. The lowest BCUT2D eigenvalue weighted by Crippen LogP contribution is -2.10. The predicted molar refractivity (Wildman–Crippen MR) is 59.3 cm³/mol. The summed E-state index contributed by atoms with van der Waals surface area (Å²) in [5.74, 6) is 0.146. The minimum Gasteiger partial charge on any atom is -0.380 e.